The van der Waals surface area contributed by atoms with E-state index in [-0.39, 0.29) is 11.6 Å². The maximum Gasteiger partial charge on any atom is 0.195 e. The number of likely N-dealkylation sites (tertiary alicyclic amines) is 1. The number of nitrogens with zero attached hydrogens (tertiary/aromatic N) is 3. The van der Waals surface area contributed by atoms with Crippen LogP contribution in [0.5, 0.6) is 0 Å². The highest BCUT2D eigenvalue weighted by Crippen LogP contribution is 2.38. The minimum Gasteiger partial charge on any atom is -0.390 e. The van der Waals surface area contributed by atoms with Gasteiger partial charge in [-0.3, -0.25) is 4.40 Å². The Morgan fingerprint density at radius 2 is 2.24 bits per heavy atom. The fourth-order valence-electron chi connectivity index (χ4n) is 3.05. The van der Waals surface area contributed by atoms with Crippen molar-refractivity contribution in [3.63, 3.8) is 0 Å². The third kappa shape index (κ3) is 1.83. The first-order valence-corrected chi connectivity index (χ1v) is 7.86. The van der Waals surface area contributed by atoms with E-state index in [9.17, 15) is 9.50 Å². The van der Waals surface area contributed by atoms with Crippen molar-refractivity contribution in [2.45, 2.75) is 12.5 Å². The molecular formula is C14H13ClFN3OS. The number of halogens is 2. The van der Waals surface area contributed by atoms with Gasteiger partial charge < -0.3 is 10.0 Å². The molecule has 1 fully saturated rings. The lowest BCUT2D eigenvalue weighted by Crippen LogP contribution is -2.42. The van der Waals surface area contributed by atoms with E-state index in [1.807, 2.05) is 4.40 Å². The fourth-order valence-corrected chi connectivity index (χ4v) is 4.40. The maximum atomic E-state index is 13.6. The van der Waals surface area contributed by atoms with Gasteiger partial charge >= 0.3 is 0 Å². The molecule has 2 aromatic heterocycles. The van der Waals surface area contributed by atoms with Crippen LogP contribution in [0.3, 0.4) is 0 Å². The number of fused-ring (bicyclic) bond motifs is 3. The summed E-state index contributed by atoms with van der Waals surface area (Å²) in [5, 5.41) is 9.72. The number of aliphatic hydroxyl groups excluding tert-OH is 1. The molecule has 0 atom stereocenters. The van der Waals surface area contributed by atoms with Gasteiger partial charge in [0.1, 0.15) is 5.82 Å². The Labute approximate surface area is 129 Å². The summed E-state index contributed by atoms with van der Waals surface area (Å²) in [6.45, 7) is 1.79. The maximum absolute atomic E-state index is 13.6. The van der Waals surface area contributed by atoms with Gasteiger partial charge in [-0.2, -0.15) is 0 Å². The number of hydrogen-bond donors (Lipinski definition) is 1. The lowest BCUT2D eigenvalue weighted by molar-refractivity contribution is 0.182. The third-order valence-electron chi connectivity index (χ3n) is 4.02. The van der Waals surface area contributed by atoms with Gasteiger partial charge in [-0.15, -0.1) is 0 Å². The number of aromatic nitrogens is 2. The number of benzene rings is 1. The van der Waals surface area contributed by atoms with E-state index in [1.165, 1.54) is 17.4 Å². The molecule has 0 spiro atoms. The number of hydrogen-bond acceptors (Lipinski definition) is 4. The summed E-state index contributed by atoms with van der Waals surface area (Å²) < 4.78 is 16.3. The highest BCUT2D eigenvalue weighted by atomic mass is 35.5. The molecule has 110 valence electrons. The molecule has 4 rings (SSSR count). The van der Waals surface area contributed by atoms with Crippen molar-refractivity contribution >= 4 is 38.1 Å². The van der Waals surface area contributed by atoms with Gasteiger partial charge in [0.25, 0.3) is 0 Å². The second-order valence-corrected chi connectivity index (χ2v) is 6.81. The molecule has 1 aliphatic heterocycles. The van der Waals surface area contributed by atoms with Crippen molar-refractivity contribution < 1.29 is 9.50 Å². The molecule has 1 aliphatic rings. The number of rotatable bonds is 2. The average Bonchev–Trinajstić information content (AvgIpc) is 2.95. The van der Waals surface area contributed by atoms with Crippen LogP contribution in [-0.4, -0.2) is 39.5 Å². The number of likely N-dealkylation sites (N-methyl/N-ethyl adjacent to an activating group) is 1. The summed E-state index contributed by atoms with van der Waals surface area (Å²) in [4.78, 5) is 7.47. The van der Waals surface area contributed by atoms with Crippen molar-refractivity contribution in [1.82, 2.24) is 14.3 Å². The predicted octanol–water partition coefficient (Wildman–Crippen LogP) is 2.86. The average molecular weight is 326 g/mol. The van der Waals surface area contributed by atoms with Crippen molar-refractivity contribution in [2.24, 2.45) is 0 Å². The monoisotopic (exact) mass is 325 g/mol. The molecule has 0 bridgehead atoms. The Hall–Kier alpha value is -1.21. The molecule has 0 amide bonds. The van der Waals surface area contributed by atoms with E-state index < -0.39 is 5.82 Å². The zero-order valence-electron chi connectivity index (χ0n) is 11.3. The van der Waals surface area contributed by atoms with Crippen LogP contribution < -0.4 is 0 Å². The Kier molecular flexibility index (Phi) is 2.97. The number of imidazole rings is 1. The molecule has 1 aromatic carbocycles. The van der Waals surface area contributed by atoms with Crippen LogP contribution in [0.4, 0.5) is 4.39 Å². The number of thiazole rings is 1. The van der Waals surface area contributed by atoms with E-state index in [0.29, 0.717) is 16.3 Å². The summed E-state index contributed by atoms with van der Waals surface area (Å²) in [6, 6.07) is 3.11. The molecule has 1 N–H and O–H groups in total. The van der Waals surface area contributed by atoms with E-state index in [2.05, 4.69) is 16.9 Å². The van der Waals surface area contributed by atoms with Gasteiger partial charge in [-0.05, 0) is 19.2 Å². The smallest absolute Gasteiger partial charge is 0.195 e. The second-order valence-electron chi connectivity index (χ2n) is 5.45. The van der Waals surface area contributed by atoms with Crippen LogP contribution in [0, 0.1) is 5.82 Å². The standard InChI is InChI=1S/C14H13ClFN3OS/c1-18-4-7(5-18)12-9(6-20)17-14-19(12)10-3-2-8(16)11(15)13(10)21-14/h2-3,7,20H,4-6H2,1H3. The Morgan fingerprint density at radius 1 is 1.48 bits per heavy atom. The molecule has 1 saturated heterocycles. The first-order chi connectivity index (χ1) is 10.1. The van der Waals surface area contributed by atoms with Crippen molar-refractivity contribution in [3.8, 4) is 0 Å². The Balaban J connectivity index is 2.03. The molecular weight excluding hydrogens is 313 g/mol. The van der Waals surface area contributed by atoms with Crippen LogP contribution in [0.1, 0.15) is 17.3 Å². The zero-order chi connectivity index (χ0) is 14.7. The van der Waals surface area contributed by atoms with Crippen LogP contribution >= 0.6 is 22.9 Å². The summed E-state index contributed by atoms with van der Waals surface area (Å²) >= 11 is 7.43. The highest BCUT2D eigenvalue weighted by molar-refractivity contribution is 7.24. The molecule has 7 heteroatoms. The van der Waals surface area contributed by atoms with E-state index in [1.54, 1.807) is 6.07 Å². The van der Waals surface area contributed by atoms with Crippen molar-refractivity contribution in [2.75, 3.05) is 20.1 Å². The minimum absolute atomic E-state index is 0.0830. The quantitative estimate of drug-likeness (QED) is 0.787. The second kappa shape index (κ2) is 4.64. The Morgan fingerprint density at radius 3 is 2.90 bits per heavy atom. The molecule has 3 heterocycles. The summed E-state index contributed by atoms with van der Waals surface area (Å²) in [5.41, 5.74) is 2.60. The van der Waals surface area contributed by atoms with Gasteiger partial charge in [0.15, 0.2) is 4.96 Å². The lowest BCUT2D eigenvalue weighted by Gasteiger charge is -2.36. The number of aliphatic hydroxyl groups is 1. The third-order valence-corrected chi connectivity index (χ3v) is 5.58. The fraction of sp³-hybridized carbons (Fsp3) is 0.357. The molecule has 21 heavy (non-hydrogen) atoms. The summed E-state index contributed by atoms with van der Waals surface area (Å²) in [5.74, 6) is -0.0743. The molecule has 0 saturated carbocycles. The molecule has 4 nitrogen and oxygen atoms in total. The van der Waals surface area contributed by atoms with Gasteiger partial charge in [0.05, 0.1) is 33.2 Å². The minimum atomic E-state index is -0.416. The predicted molar refractivity (Wildman–Crippen MR) is 81.7 cm³/mol. The SMILES string of the molecule is CN1CC(c2c(CO)nc3sc4c(Cl)c(F)ccc4n23)C1. The Bertz CT molecular complexity index is 853. The first kappa shape index (κ1) is 13.5. The zero-order valence-corrected chi connectivity index (χ0v) is 12.9. The van der Waals surface area contributed by atoms with Gasteiger partial charge in [-0.1, -0.05) is 22.9 Å². The highest BCUT2D eigenvalue weighted by Gasteiger charge is 2.31. The molecule has 3 aromatic rings. The lowest BCUT2D eigenvalue weighted by atomic mass is 9.95. The van der Waals surface area contributed by atoms with Gasteiger partial charge in [0.2, 0.25) is 0 Å². The van der Waals surface area contributed by atoms with Crippen LogP contribution in [0.2, 0.25) is 5.02 Å². The largest absolute Gasteiger partial charge is 0.390 e. The normalized spacial score (nSPS) is 17.0. The summed E-state index contributed by atoms with van der Waals surface area (Å²) in [6.07, 6.45) is 0. The van der Waals surface area contributed by atoms with E-state index in [4.69, 9.17) is 11.6 Å². The van der Waals surface area contributed by atoms with Crippen LogP contribution in [0.25, 0.3) is 15.2 Å². The van der Waals surface area contributed by atoms with E-state index in [0.717, 1.165) is 29.3 Å². The van der Waals surface area contributed by atoms with Crippen LogP contribution in [-0.2, 0) is 6.61 Å². The topological polar surface area (TPSA) is 40.8 Å². The van der Waals surface area contributed by atoms with Crippen LogP contribution in [0.15, 0.2) is 12.1 Å². The molecule has 0 unspecified atom stereocenters. The van der Waals surface area contributed by atoms with Crippen molar-refractivity contribution in [1.29, 1.82) is 0 Å². The molecule has 0 aliphatic carbocycles. The summed E-state index contributed by atoms with van der Waals surface area (Å²) in [7, 11) is 2.06. The van der Waals surface area contributed by atoms with Crippen molar-refractivity contribution in [3.05, 3.63) is 34.4 Å². The van der Waals surface area contributed by atoms with Gasteiger partial charge in [0, 0.05) is 19.0 Å². The van der Waals surface area contributed by atoms with E-state index >= 15 is 0 Å². The van der Waals surface area contributed by atoms with Gasteiger partial charge in [-0.25, -0.2) is 9.37 Å². The molecule has 0 radical (unpaired) electrons. The first-order valence-electron chi connectivity index (χ1n) is 6.67.